The van der Waals surface area contributed by atoms with Crippen LogP contribution in [-0.2, 0) is 0 Å². The van der Waals surface area contributed by atoms with Gasteiger partial charge in [0.25, 0.3) is 0 Å². The van der Waals surface area contributed by atoms with E-state index in [0.29, 0.717) is 22.3 Å². The molecule has 0 aliphatic heterocycles. The average molecular weight is 370 g/mol. The van der Waals surface area contributed by atoms with Crippen LogP contribution in [0.25, 0.3) is 33.4 Å². The largest absolute Gasteiger partial charge is 0.497 e. The van der Waals surface area contributed by atoms with E-state index in [2.05, 4.69) is 9.97 Å². The van der Waals surface area contributed by atoms with E-state index in [1.54, 1.807) is 19.4 Å². The number of rotatable bonds is 4. The van der Waals surface area contributed by atoms with Gasteiger partial charge in [0.1, 0.15) is 5.75 Å². The van der Waals surface area contributed by atoms with Crippen molar-refractivity contribution >= 4 is 16.9 Å². The normalized spacial score (nSPS) is 10.8. The van der Waals surface area contributed by atoms with Gasteiger partial charge in [0.15, 0.2) is 0 Å². The van der Waals surface area contributed by atoms with E-state index < -0.39 is 5.97 Å². The van der Waals surface area contributed by atoms with E-state index in [9.17, 15) is 9.90 Å². The lowest BCUT2D eigenvalue weighted by molar-refractivity contribution is 0.0699. The van der Waals surface area contributed by atoms with Crippen molar-refractivity contribution in [1.29, 1.82) is 0 Å². The lowest BCUT2D eigenvalue weighted by Gasteiger charge is -2.08. The summed E-state index contributed by atoms with van der Waals surface area (Å²) in [4.78, 5) is 20.9. The second-order valence-electron chi connectivity index (χ2n) is 6.54. The highest BCUT2D eigenvalue weighted by molar-refractivity contribution is 6.03. The number of ether oxygens (including phenoxy) is 1. The molecule has 138 valence electrons. The Hall–Kier alpha value is -3.73. The van der Waals surface area contributed by atoms with Crippen molar-refractivity contribution in [1.82, 2.24) is 9.97 Å². The highest BCUT2D eigenvalue weighted by atomic mass is 16.5. The highest BCUT2D eigenvalue weighted by Crippen LogP contribution is 2.27. The van der Waals surface area contributed by atoms with Crippen LogP contribution in [0.1, 0.15) is 15.9 Å². The zero-order valence-electron chi connectivity index (χ0n) is 15.5. The number of fused-ring (bicyclic) bond motifs is 1. The Balaban J connectivity index is 1.75. The van der Waals surface area contributed by atoms with Crippen LogP contribution in [0.4, 0.5) is 0 Å². The Morgan fingerprint density at radius 2 is 1.68 bits per heavy atom. The number of carboxylic acid groups (broad SMARTS) is 1. The van der Waals surface area contributed by atoms with Crippen LogP contribution < -0.4 is 4.74 Å². The van der Waals surface area contributed by atoms with Crippen molar-refractivity contribution in [3.8, 4) is 28.3 Å². The Morgan fingerprint density at radius 1 is 0.929 bits per heavy atom. The fourth-order valence-electron chi connectivity index (χ4n) is 3.15. The molecule has 2 aromatic heterocycles. The van der Waals surface area contributed by atoms with Gasteiger partial charge in [0.2, 0.25) is 0 Å². The molecule has 0 radical (unpaired) electrons. The van der Waals surface area contributed by atoms with Crippen LogP contribution in [0.2, 0.25) is 0 Å². The number of aryl methyl sites for hydroxylation is 1. The van der Waals surface area contributed by atoms with Crippen LogP contribution in [0.3, 0.4) is 0 Å². The maximum atomic E-state index is 11.7. The summed E-state index contributed by atoms with van der Waals surface area (Å²) in [6, 6.07) is 18.7. The minimum Gasteiger partial charge on any atom is -0.497 e. The minimum absolute atomic E-state index is 0.227. The van der Waals surface area contributed by atoms with Crippen LogP contribution in [0.15, 0.2) is 66.9 Å². The van der Waals surface area contributed by atoms with Crippen molar-refractivity contribution < 1.29 is 14.6 Å². The number of aromatic nitrogens is 2. The van der Waals surface area contributed by atoms with Gasteiger partial charge in [-0.05, 0) is 48.9 Å². The molecular weight excluding hydrogens is 352 g/mol. The number of hydrogen-bond donors (Lipinski definition) is 1. The summed E-state index contributed by atoms with van der Waals surface area (Å²) in [5.74, 6) is -0.181. The van der Waals surface area contributed by atoms with Crippen LogP contribution >= 0.6 is 0 Å². The van der Waals surface area contributed by atoms with Crippen molar-refractivity contribution in [2.75, 3.05) is 7.11 Å². The summed E-state index contributed by atoms with van der Waals surface area (Å²) in [5, 5.41) is 10.3. The van der Waals surface area contributed by atoms with E-state index in [-0.39, 0.29) is 5.56 Å². The molecule has 0 saturated carbocycles. The van der Waals surface area contributed by atoms with Gasteiger partial charge in [-0.15, -0.1) is 0 Å². The SMILES string of the molecule is COc1ccc(-c2ccc(-c3cc(C(=O)O)c4cc(C)ccc4n3)nc2)cc1. The molecule has 0 saturated heterocycles. The predicted octanol–water partition coefficient (Wildman–Crippen LogP) is 4.98. The number of pyridine rings is 2. The molecule has 5 heteroatoms. The Bertz CT molecular complexity index is 1170. The number of nitrogens with zero attached hydrogens (tertiary/aromatic N) is 2. The van der Waals surface area contributed by atoms with E-state index in [4.69, 9.17) is 4.74 Å². The lowest BCUT2D eigenvalue weighted by atomic mass is 10.0. The number of hydrogen-bond acceptors (Lipinski definition) is 4. The first-order valence-electron chi connectivity index (χ1n) is 8.81. The molecule has 0 bridgehead atoms. The smallest absolute Gasteiger partial charge is 0.336 e. The standard InChI is InChI=1S/C23H18N2O3/c1-14-3-9-20-18(11-14)19(23(26)27)12-22(25-20)21-10-6-16(13-24-21)15-4-7-17(28-2)8-5-15/h3-13H,1-2H3,(H,26,27). The summed E-state index contributed by atoms with van der Waals surface area (Å²) in [6.45, 7) is 1.93. The molecule has 2 heterocycles. The molecule has 0 aliphatic carbocycles. The first-order chi connectivity index (χ1) is 13.5. The second kappa shape index (κ2) is 7.12. The first-order valence-corrected chi connectivity index (χ1v) is 8.81. The fraction of sp³-hybridized carbons (Fsp3) is 0.0870. The zero-order valence-corrected chi connectivity index (χ0v) is 15.5. The molecule has 0 amide bonds. The second-order valence-corrected chi connectivity index (χ2v) is 6.54. The van der Waals surface area contributed by atoms with Crippen molar-refractivity contribution in [2.24, 2.45) is 0 Å². The van der Waals surface area contributed by atoms with Crippen molar-refractivity contribution in [3.05, 3.63) is 78.0 Å². The average Bonchev–Trinajstić information content (AvgIpc) is 2.73. The van der Waals surface area contributed by atoms with Gasteiger partial charge in [-0.25, -0.2) is 9.78 Å². The van der Waals surface area contributed by atoms with E-state index in [1.165, 1.54) is 0 Å². The van der Waals surface area contributed by atoms with E-state index in [0.717, 1.165) is 22.4 Å². The van der Waals surface area contributed by atoms with Gasteiger partial charge in [0, 0.05) is 17.1 Å². The Morgan fingerprint density at radius 3 is 2.32 bits per heavy atom. The molecule has 1 N–H and O–H groups in total. The quantitative estimate of drug-likeness (QED) is 0.548. The Labute approximate surface area is 162 Å². The number of methoxy groups -OCH3 is 1. The Kier molecular flexibility index (Phi) is 4.49. The summed E-state index contributed by atoms with van der Waals surface area (Å²) >= 11 is 0. The molecule has 5 nitrogen and oxygen atoms in total. The monoisotopic (exact) mass is 370 g/mol. The summed E-state index contributed by atoms with van der Waals surface area (Å²) in [7, 11) is 1.63. The molecule has 4 aromatic rings. The molecule has 0 atom stereocenters. The van der Waals surface area contributed by atoms with Gasteiger partial charge in [-0.1, -0.05) is 29.8 Å². The molecular formula is C23H18N2O3. The maximum absolute atomic E-state index is 11.7. The predicted molar refractivity (Wildman–Crippen MR) is 109 cm³/mol. The molecule has 0 unspecified atom stereocenters. The van der Waals surface area contributed by atoms with Crippen molar-refractivity contribution in [3.63, 3.8) is 0 Å². The molecule has 0 fully saturated rings. The lowest BCUT2D eigenvalue weighted by Crippen LogP contribution is -2.01. The number of aromatic carboxylic acids is 1. The van der Waals surface area contributed by atoms with Gasteiger partial charge in [-0.2, -0.15) is 0 Å². The molecule has 28 heavy (non-hydrogen) atoms. The zero-order chi connectivity index (χ0) is 19.7. The van der Waals surface area contributed by atoms with Crippen molar-refractivity contribution in [2.45, 2.75) is 6.92 Å². The molecule has 0 spiro atoms. The summed E-state index contributed by atoms with van der Waals surface area (Å²) in [5.41, 5.74) is 5.00. The molecule has 2 aromatic carbocycles. The third-order valence-corrected chi connectivity index (χ3v) is 4.64. The highest BCUT2D eigenvalue weighted by Gasteiger charge is 2.14. The molecule has 0 aliphatic rings. The summed E-state index contributed by atoms with van der Waals surface area (Å²) < 4.78 is 5.18. The van der Waals surface area contributed by atoms with Gasteiger partial charge >= 0.3 is 5.97 Å². The topological polar surface area (TPSA) is 72.3 Å². The third-order valence-electron chi connectivity index (χ3n) is 4.64. The van der Waals surface area contributed by atoms with Gasteiger partial charge < -0.3 is 9.84 Å². The number of carboxylic acids is 1. The fourth-order valence-corrected chi connectivity index (χ4v) is 3.15. The van der Waals surface area contributed by atoms with Crippen LogP contribution in [-0.4, -0.2) is 28.2 Å². The maximum Gasteiger partial charge on any atom is 0.336 e. The number of carbonyl (C=O) groups is 1. The van der Waals surface area contributed by atoms with Gasteiger partial charge in [-0.3, -0.25) is 4.98 Å². The molecule has 4 rings (SSSR count). The minimum atomic E-state index is -0.978. The van der Waals surface area contributed by atoms with Crippen LogP contribution in [0.5, 0.6) is 5.75 Å². The van der Waals surface area contributed by atoms with Gasteiger partial charge in [0.05, 0.1) is 29.6 Å². The van der Waals surface area contributed by atoms with E-state index >= 15 is 0 Å². The van der Waals surface area contributed by atoms with Crippen LogP contribution in [0, 0.1) is 6.92 Å². The first kappa shape index (κ1) is 17.7. The van der Waals surface area contributed by atoms with E-state index in [1.807, 2.05) is 61.5 Å². The number of benzene rings is 2. The third kappa shape index (κ3) is 3.30. The summed E-state index contributed by atoms with van der Waals surface area (Å²) in [6.07, 6.45) is 1.76.